The molecule has 0 amide bonds. The fourth-order valence-corrected chi connectivity index (χ4v) is 3.68. The summed E-state index contributed by atoms with van der Waals surface area (Å²) in [6, 6.07) is 8.17. The molecule has 2 aliphatic heterocycles. The van der Waals surface area contributed by atoms with Crippen LogP contribution in [0.4, 0.5) is 11.8 Å². The first kappa shape index (κ1) is 18.8. The van der Waals surface area contributed by atoms with Crippen molar-refractivity contribution in [2.75, 3.05) is 50.7 Å². The molecular formula is C20H27N5O3. The Morgan fingerprint density at radius 2 is 2.11 bits per heavy atom. The van der Waals surface area contributed by atoms with Crippen LogP contribution in [-0.2, 0) is 11.3 Å². The van der Waals surface area contributed by atoms with Gasteiger partial charge >= 0.3 is 0 Å². The maximum absolute atomic E-state index is 5.93. The van der Waals surface area contributed by atoms with Crippen LogP contribution in [0.2, 0.25) is 0 Å². The Kier molecular flexibility index (Phi) is 5.78. The van der Waals surface area contributed by atoms with Crippen LogP contribution in [0.15, 0.2) is 30.5 Å². The highest BCUT2D eigenvalue weighted by Crippen LogP contribution is 2.33. The van der Waals surface area contributed by atoms with Crippen LogP contribution < -0.4 is 25.0 Å². The summed E-state index contributed by atoms with van der Waals surface area (Å²) in [7, 11) is 3.58. The molecular weight excluding hydrogens is 358 g/mol. The van der Waals surface area contributed by atoms with E-state index in [1.165, 1.54) is 0 Å². The molecule has 4 rings (SSSR count). The van der Waals surface area contributed by atoms with Crippen LogP contribution in [0.25, 0.3) is 0 Å². The molecule has 1 fully saturated rings. The number of fused-ring (bicyclic) bond motifs is 1. The predicted molar refractivity (Wildman–Crippen MR) is 107 cm³/mol. The molecule has 1 aromatic heterocycles. The molecule has 2 N–H and O–H groups in total. The second-order valence-corrected chi connectivity index (χ2v) is 6.95. The molecule has 2 aliphatic rings. The zero-order chi connectivity index (χ0) is 19.3. The van der Waals surface area contributed by atoms with Gasteiger partial charge in [-0.25, -0.2) is 4.98 Å². The van der Waals surface area contributed by atoms with Gasteiger partial charge in [-0.3, -0.25) is 0 Å². The lowest BCUT2D eigenvalue weighted by atomic mass is 10.1. The van der Waals surface area contributed by atoms with Crippen LogP contribution in [0, 0.1) is 0 Å². The number of para-hydroxylation sites is 1. The first-order chi connectivity index (χ1) is 13.8. The van der Waals surface area contributed by atoms with Gasteiger partial charge in [0.05, 0.1) is 25.4 Å². The summed E-state index contributed by atoms with van der Waals surface area (Å²) in [6.45, 7) is 3.66. The minimum absolute atomic E-state index is 0.0764. The Balaban J connectivity index is 1.45. The first-order valence-corrected chi connectivity index (χ1v) is 9.68. The van der Waals surface area contributed by atoms with E-state index < -0.39 is 0 Å². The summed E-state index contributed by atoms with van der Waals surface area (Å²) in [4.78, 5) is 11.0. The van der Waals surface area contributed by atoms with Crippen LogP contribution in [0.3, 0.4) is 0 Å². The largest absolute Gasteiger partial charge is 0.490 e. The van der Waals surface area contributed by atoms with E-state index in [9.17, 15) is 0 Å². The number of nitrogens with zero attached hydrogens (tertiary/aromatic N) is 3. The minimum Gasteiger partial charge on any atom is -0.490 e. The van der Waals surface area contributed by atoms with Crippen molar-refractivity contribution >= 4 is 11.8 Å². The average molecular weight is 385 g/mol. The van der Waals surface area contributed by atoms with E-state index in [1.54, 1.807) is 13.3 Å². The summed E-state index contributed by atoms with van der Waals surface area (Å²) in [6.07, 6.45) is 2.75. The maximum atomic E-state index is 5.93. The van der Waals surface area contributed by atoms with Crippen LogP contribution >= 0.6 is 0 Å². The molecule has 0 radical (unpaired) electrons. The van der Waals surface area contributed by atoms with E-state index in [-0.39, 0.29) is 12.1 Å². The third kappa shape index (κ3) is 3.98. The van der Waals surface area contributed by atoms with E-state index in [4.69, 9.17) is 14.2 Å². The SMILES string of the molecule is CNc1nccc(N2C[C@H](OC)[C@H](NCc3cccc4c3OCCCO4)C2)n1. The Morgan fingerprint density at radius 1 is 1.21 bits per heavy atom. The zero-order valence-corrected chi connectivity index (χ0v) is 16.4. The molecule has 2 atom stereocenters. The van der Waals surface area contributed by atoms with Crippen molar-refractivity contribution in [2.45, 2.75) is 25.1 Å². The lowest BCUT2D eigenvalue weighted by molar-refractivity contribution is 0.0965. The lowest BCUT2D eigenvalue weighted by Crippen LogP contribution is -2.39. The van der Waals surface area contributed by atoms with Gasteiger partial charge in [0.25, 0.3) is 0 Å². The van der Waals surface area contributed by atoms with Gasteiger partial charge in [0, 0.05) is 52.0 Å². The van der Waals surface area contributed by atoms with E-state index in [0.29, 0.717) is 25.7 Å². The second kappa shape index (κ2) is 8.62. The van der Waals surface area contributed by atoms with Gasteiger partial charge in [0.1, 0.15) is 5.82 Å². The minimum atomic E-state index is 0.0764. The summed E-state index contributed by atoms with van der Waals surface area (Å²) < 4.78 is 17.5. The van der Waals surface area contributed by atoms with Crippen LogP contribution in [0.5, 0.6) is 11.5 Å². The maximum Gasteiger partial charge on any atom is 0.224 e. The summed E-state index contributed by atoms with van der Waals surface area (Å²) in [5.74, 6) is 3.20. The quantitative estimate of drug-likeness (QED) is 0.777. The molecule has 0 unspecified atom stereocenters. The number of ether oxygens (including phenoxy) is 3. The molecule has 0 bridgehead atoms. The Morgan fingerprint density at radius 3 is 2.96 bits per heavy atom. The number of nitrogens with one attached hydrogen (secondary N) is 2. The average Bonchev–Trinajstić information content (AvgIpc) is 3.00. The van der Waals surface area contributed by atoms with Crippen molar-refractivity contribution in [3.63, 3.8) is 0 Å². The van der Waals surface area contributed by atoms with Crippen molar-refractivity contribution in [3.8, 4) is 11.5 Å². The van der Waals surface area contributed by atoms with E-state index in [0.717, 1.165) is 42.4 Å². The third-order valence-corrected chi connectivity index (χ3v) is 5.17. The highest BCUT2D eigenvalue weighted by Gasteiger charge is 2.33. The zero-order valence-electron chi connectivity index (χ0n) is 16.4. The van der Waals surface area contributed by atoms with Crippen molar-refractivity contribution in [1.82, 2.24) is 15.3 Å². The molecule has 150 valence electrons. The molecule has 1 aromatic carbocycles. The fourth-order valence-electron chi connectivity index (χ4n) is 3.68. The van der Waals surface area contributed by atoms with Gasteiger partial charge in [-0.2, -0.15) is 4.98 Å². The molecule has 0 aliphatic carbocycles. The summed E-state index contributed by atoms with van der Waals surface area (Å²) in [5, 5.41) is 6.62. The molecule has 2 aromatic rings. The van der Waals surface area contributed by atoms with Gasteiger partial charge in [0.2, 0.25) is 5.95 Å². The number of methoxy groups -OCH3 is 1. The summed E-state index contributed by atoms with van der Waals surface area (Å²) in [5.41, 5.74) is 1.10. The number of hydrogen-bond donors (Lipinski definition) is 2. The van der Waals surface area contributed by atoms with Gasteiger partial charge in [-0.1, -0.05) is 12.1 Å². The predicted octanol–water partition coefficient (Wildman–Crippen LogP) is 1.67. The topological polar surface area (TPSA) is 80.8 Å². The van der Waals surface area contributed by atoms with Gasteiger partial charge in [-0.05, 0) is 12.1 Å². The number of anilines is 2. The number of hydrogen-bond acceptors (Lipinski definition) is 8. The molecule has 3 heterocycles. The third-order valence-electron chi connectivity index (χ3n) is 5.17. The van der Waals surface area contributed by atoms with Crippen molar-refractivity contribution in [1.29, 1.82) is 0 Å². The molecule has 0 spiro atoms. The van der Waals surface area contributed by atoms with Crippen molar-refractivity contribution < 1.29 is 14.2 Å². The van der Waals surface area contributed by atoms with Crippen molar-refractivity contribution in [3.05, 3.63) is 36.0 Å². The molecule has 1 saturated heterocycles. The Labute approximate surface area is 165 Å². The van der Waals surface area contributed by atoms with Crippen LogP contribution in [0.1, 0.15) is 12.0 Å². The van der Waals surface area contributed by atoms with Gasteiger partial charge in [-0.15, -0.1) is 0 Å². The van der Waals surface area contributed by atoms with Crippen molar-refractivity contribution in [2.24, 2.45) is 0 Å². The normalized spacial score (nSPS) is 21.4. The van der Waals surface area contributed by atoms with E-state index in [1.807, 2.05) is 25.2 Å². The monoisotopic (exact) mass is 385 g/mol. The summed E-state index contributed by atoms with van der Waals surface area (Å²) >= 11 is 0. The Hall–Kier alpha value is -2.58. The number of rotatable bonds is 6. The fraction of sp³-hybridized carbons (Fsp3) is 0.500. The van der Waals surface area contributed by atoms with Gasteiger partial charge < -0.3 is 29.7 Å². The van der Waals surface area contributed by atoms with E-state index >= 15 is 0 Å². The highest BCUT2D eigenvalue weighted by molar-refractivity contribution is 5.47. The molecule has 28 heavy (non-hydrogen) atoms. The highest BCUT2D eigenvalue weighted by atomic mass is 16.5. The molecule has 8 heteroatoms. The molecule has 0 saturated carbocycles. The lowest BCUT2D eigenvalue weighted by Gasteiger charge is -2.20. The standard InChI is InChI=1S/C20H27N5O3/c1-21-20-22-8-7-18(24-20)25-12-15(17(13-25)26-2)23-11-14-5-3-6-16-19(14)28-10-4-9-27-16/h3,5-8,15,17,23H,4,9-13H2,1-2H3,(H,21,22,24)/t15-,17+/m1/s1. The first-order valence-electron chi connectivity index (χ1n) is 9.68. The number of aromatic nitrogens is 2. The second-order valence-electron chi connectivity index (χ2n) is 6.95. The number of benzene rings is 1. The Bertz CT molecular complexity index is 803. The van der Waals surface area contributed by atoms with Gasteiger partial charge in [0.15, 0.2) is 11.5 Å². The smallest absolute Gasteiger partial charge is 0.224 e. The molecule has 8 nitrogen and oxygen atoms in total. The van der Waals surface area contributed by atoms with Crippen LogP contribution in [-0.4, -0.2) is 62.6 Å². The van der Waals surface area contributed by atoms with E-state index in [2.05, 4.69) is 31.6 Å².